The van der Waals surface area contributed by atoms with Gasteiger partial charge in [0.05, 0.1) is 23.6 Å². The van der Waals surface area contributed by atoms with Gasteiger partial charge < -0.3 is 24.8 Å². The second-order valence-corrected chi connectivity index (χ2v) is 11.6. The summed E-state index contributed by atoms with van der Waals surface area (Å²) >= 11 is 1.49. The van der Waals surface area contributed by atoms with Crippen LogP contribution in [0.5, 0.6) is 0 Å². The summed E-state index contributed by atoms with van der Waals surface area (Å²) in [6.07, 6.45) is 2.79. The predicted octanol–water partition coefficient (Wildman–Crippen LogP) is 3.81. The zero-order valence-corrected chi connectivity index (χ0v) is 23.6. The van der Waals surface area contributed by atoms with Crippen molar-refractivity contribution in [3.63, 3.8) is 0 Å². The van der Waals surface area contributed by atoms with Crippen molar-refractivity contribution in [3.8, 4) is 0 Å². The van der Waals surface area contributed by atoms with Gasteiger partial charge in [-0.05, 0) is 42.9 Å². The zero-order valence-electron chi connectivity index (χ0n) is 22.8. The lowest BCUT2D eigenvalue weighted by atomic mass is 10.1. The Bertz CT molecular complexity index is 1520. The molecule has 2 aliphatic rings. The number of nitrogens with zero attached hydrogens (tertiary/aromatic N) is 5. The average Bonchev–Trinajstić information content (AvgIpc) is 3.42. The number of carbonyl (C=O) groups excluding carboxylic acids is 2. The number of carbonyl (C=O) groups is 2. The average molecular weight is 559 g/mol. The lowest BCUT2D eigenvalue weighted by Crippen LogP contribution is -2.45. The van der Waals surface area contributed by atoms with Crippen LogP contribution in [-0.4, -0.2) is 102 Å². The maximum Gasteiger partial charge on any atom is 0.264 e. The van der Waals surface area contributed by atoms with Gasteiger partial charge in [-0.3, -0.25) is 9.59 Å². The van der Waals surface area contributed by atoms with Gasteiger partial charge in [0.15, 0.2) is 0 Å². The molecule has 0 atom stereocenters. The number of piperazine rings is 1. The first-order valence-corrected chi connectivity index (χ1v) is 14.7. The van der Waals surface area contributed by atoms with Gasteiger partial charge in [-0.2, -0.15) is 0 Å². The minimum atomic E-state index is 0.0416. The Kier molecular flexibility index (Phi) is 8.01. The van der Waals surface area contributed by atoms with Crippen LogP contribution in [-0.2, 0) is 16.0 Å². The molecule has 40 heavy (non-hydrogen) atoms. The van der Waals surface area contributed by atoms with E-state index < -0.39 is 0 Å². The van der Waals surface area contributed by atoms with Gasteiger partial charge in [-0.15, -0.1) is 11.3 Å². The Hall–Kier alpha value is -3.44. The fraction of sp³-hybridized carbons (Fsp3) is 0.400. The summed E-state index contributed by atoms with van der Waals surface area (Å²) in [5, 5.41) is 5.18. The molecule has 0 aliphatic carbocycles. The van der Waals surface area contributed by atoms with Crippen LogP contribution in [0, 0.1) is 0 Å². The summed E-state index contributed by atoms with van der Waals surface area (Å²) in [6, 6.07) is 13.9. The number of benzene rings is 2. The van der Waals surface area contributed by atoms with E-state index >= 15 is 0 Å². The maximum atomic E-state index is 13.1. The van der Waals surface area contributed by atoms with Crippen LogP contribution in [0.1, 0.15) is 21.7 Å². The SMILES string of the molecule is CN1CCN(CCC(=O)Cc2cccc(Nc3ncc4ccc5sc(C(=O)N6CCOCC6)cc5c4n3)c2)CC1. The zero-order chi connectivity index (χ0) is 27.5. The molecule has 1 amide bonds. The lowest BCUT2D eigenvalue weighted by Gasteiger charge is -2.32. The van der Waals surface area contributed by atoms with Crippen LogP contribution in [0.25, 0.3) is 21.0 Å². The Morgan fingerprint density at radius 3 is 2.67 bits per heavy atom. The van der Waals surface area contributed by atoms with Crippen LogP contribution >= 0.6 is 11.3 Å². The topological polar surface area (TPSA) is 90.9 Å². The van der Waals surface area contributed by atoms with Crippen molar-refractivity contribution in [1.29, 1.82) is 0 Å². The van der Waals surface area contributed by atoms with Crippen LogP contribution in [0.15, 0.2) is 48.7 Å². The highest BCUT2D eigenvalue weighted by Crippen LogP contribution is 2.32. The predicted molar refractivity (Wildman–Crippen MR) is 159 cm³/mol. The van der Waals surface area contributed by atoms with Gasteiger partial charge in [0.2, 0.25) is 5.95 Å². The number of ketones is 1. The van der Waals surface area contributed by atoms with E-state index in [0.29, 0.717) is 50.0 Å². The first kappa shape index (κ1) is 26.8. The first-order valence-electron chi connectivity index (χ1n) is 13.9. The van der Waals surface area contributed by atoms with E-state index in [4.69, 9.17) is 9.72 Å². The number of anilines is 2. The molecule has 6 rings (SSSR count). The summed E-state index contributed by atoms with van der Waals surface area (Å²) < 4.78 is 6.41. The second kappa shape index (κ2) is 12.0. The first-order chi connectivity index (χ1) is 19.5. The summed E-state index contributed by atoms with van der Waals surface area (Å²) in [5.74, 6) is 0.770. The number of hydrogen-bond acceptors (Lipinski definition) is 9. The molecule has 0 saturated carbocycles. The van der Waals surface area contributed by atoms with E-state index in [9.17, 15) is 9.59 Å². The molecule has 0 spiro atoms. The van der Waals surface area contributed by atoms with Crippen LogP contribution < -0.4 is 5.32 Å². The van der Waals surface area contributed by atoms with Gasteiger partial charge in [0.25, 0.3) is 5.91 Å². The van der Waals surface area contributed by atoms with Crippen LogP contribution in [0.3, 0.4) is 0 Å². The van der Waals surface area contributed by atoms with E-state index in [0.717, 1.165) is 65.0 Å². The molecule has 0 unspecified atom stereocenters. The van der Waals surface area contributed by atoms with Crippen LogP contribution in [0.2, 0.25) is 0 Å². The highest BCUT2D eigenvalue weighted by molar-refractivity contribution is 7.21. The van der Waals surface area contributed by atoms with Crippen molar-refractivity contribution >= 4 is 55.7 Å². The number of ether oxygens (including phenoxy) is 1. The smallest absolute Gasteiger partial charge is 0.264 e. The number of fused-ring (bicyclic) bond motifs is 3. The Labute approximate surface area is 237 Å². The third-order valence-electron chi connectivity index (χ3n) is 7.64. The van der Waals surface area contributed by atoms with E-state index in [1.54, 1.807) is 6.20 Å². The number of likely N-dealkylation sites (N-methyl/N-ethyl adjacent to an activating group) is 1. The molecule has 1 N–H and O–H groups in total. The highest BCUT2D eigenvalue weighted by Gasteiger charge is 2.21. The fourth-order valence-electron chi connectivity index (χ4n) is 5.25. The second-order valence-electron chi connectivity index (χ2n) is 10.6. The molecule has 2 aromatic carbocycles. The minimum absolute atomic E-state index is 0.0416. The monoisotopic (exact) mass is 558 g/mol. The maximum absolute atomic E-state index is 13.1. The number of hydrogen-bond donors (Lipinski definition) is 1. The summed E-state index contributed by atoms with van der Waals surface area (Å²) in [5.41, 5.74) is 2.62. The summed E-state index contributed by atoms with van der Waals surface area (Å²) in [7, 11) is 2.14. The number of thiophene rings is 1. The van der Waals surface area contributed by atoms with E-state index in [1.807, 2.05) is 47.4 Å². The molecule has 0 bridgehead atoms. The standard InChI is InChI=1S/C30H34N6O3S/c1-34-9-11-35(12-10-34)8-7-24(37)18-21-3-2-4-23(17-21)32-30-31-20-22-5-6-26-25(28(22)33-30)19-27(40-26)29(38)36-13-15-39-16-14-36/h2-6,17,19-20H,7-16,18H2,1H3,(H,31,32,33). The third-order valence-corrected chi connectivity index (χ3v) is 8.73. The molecule has 2 saturated heterocycles. The Morgan fingerprint density at radius 1 is 1.02 bits per heavy atom. The highest BCUT2D eigenvalue weighted by atomic mass is 32.1. The molecule has 0 radical (unpaired) electrons. The third kappa shape index (κ3) is 6.15. The number of morpholine rings is 1. The molecular weight excluding hydrogens is 524 g/mol. The van der Waals surface area contributed by atoms with Crippen molar-refractivity contribution in [2.45, 2.75) is 12.8 Å². The lowest BCUT2D eigenvalue weighted by molar-refractivity contribution is -0.118. The van der Waals surface area contributed by atoms with E-state index in [1.165, 1.54) is 11.3 Å². The number of Topliss-reactive ketones (excluding diaryl/α,β-unsaturated/α-hetero) is 1. The van der Waals surface area contributed by atoms with Gasteiger partial charge >= 0.3 is 0 Å². The number of nitrogens with one attached hydrogen (secondary N) is 1. The van der Waals surface area contributed by atoms with Gasteiger partial charge in [-0.25, -0.2) is 9.97 Å². The quantitative estimate of drug-likeness (QED) is 0.349. The fourth-order valence-corrected chi connectivity index (χ4v) is 6.29. The van der Waals surface area contributed by atoms with Gasteiger partial charge in [0, 0.05) is 86.0 Å². The normalized spacial score (nSPS) is 17.0. The minimum Gasteiger partial charge on any atom is -0.378 e. The summed E-state index contributed by atoms with van der Waals surface area (Å²) in [4.78, 5) is 42.4. The number of aromatic nitrogens is 2. The molecule has 208 valence electrons. The Balaban J connectivity index is 1.14. The van der Waals surface area contributed by atoms with Gasteiger partial charge in [-0.1, -0.05) is 12.1 Å². The van der Waals surface area contributed by atoms with Crippen molar-refractivity contribution in [2.75, 3.05) is 71.4 Å². The molecule has 4 aromatic rings. The largest absolute Gasteiger partial charge is 0.378 e. The molecule has 2 aliphatic heterocycles. The molecule has 2 fully saturated rings. The van der Waals surface area contributed by atoms with Crippen molar-refractivity contribution < 1.29 is 14.3 Å². The molecular formula is C30H34N6O3S. The number of amides is 1. The van der Waals surface area contributed by atoms with Crippen molar-refractivity contribution in [3.05, 3.63) is 59.1 Å². The van der Waals surface area contributed by atoms with E-state index in [2.05, 4.69) is 27.1 Å². The van der Waals surface area contributed by atoms with Crippen LogP contribution in [0.4, 0.5) is 11.6 Å². The molecule has 10 heteroatoms. The number of rotatable bonds is 8. The molecule has 4 heterocycles. The summed E-state index contributed by atoms with van der Waals surface area (Å²) in [6.45, 7) is 7.38. The van der Waals surface area contributed by atoms with Crippen molar-refractivity contribution in [1.82, 2.24) is 24.7 Å². The Morgan fingerprint density at radius 2 is 1.85 bits per heavy atom. The van der Waals surface area contributed by atoms with Gasteiger partial charge in [0.1, 0.15) is 5.78 Å². The van der Waals surface area contributed by atoms with Crippen molar-refractivity contribution in [2.24, 2.45) is 0 Å². The van der Waals surface area contributed by atoms with E-state index in [-0.39, 0.29) is 11.7 Å². The molecule has 2 aromatic heterocycles. The molecule has 9 nitrogen and oxygen atoms in total.